The molecule has 1 aromatic rings. The van der Waals surface area contributed by atoms with Crippen LogP contribution in [-0.4, -0.2) is 34.0 Å². The highest BCUT2D eigenvalue weighted by Crippen LogP contribution is 2.45. The highest BCUT2D eigenvalue weighted by atomic mass is 19.4. The molecule has 0 fully saturated rings. The summed E-state index contributed by atoms with van der Waals surface area (Å²) >= 11 is 0. The maximum absolute atomic E-state index is 12.5. The van der Waals surface area contributed by atoms with E-state index in [9.17, 15) is 26.3 Å². The average molecular weight is 315 g/mol. The van der Waals surface area contributed by atoms with E-state index < -0.39 is 36.5 Å². The molecule has 3 nitrogen and oxygen atoms in total. The van der Waals surface area contributed by atoms with E-state index in [0.29, 0.717) is 5.56 Å². The zero-order valence-electron chi connectivity index (χ0n) is 10.4. The summed E-state index contributed by atoms with van der Waals surface area (Å²) in [6.07, 6.45) is -14.2. The van der Waals surface area contributed by atoms with Gasteiger partial charge in [0.15, 0.2) is 0 Å². The van der Waals surface area contributed by atoms with E-state index in [4.69, 9.17) is 10.3 Å². The predicted octanol–water partition coefficient (Wildman–Crippen LogP) is 3.31. The molecule has 1 rings (SSSR count). The third-order valence-electron chi connectivity index (χ3n) is 2.79. The molecule has 0 bridgehead atoms. The molecular weight excluding hydrogens is 304 g/mol. The fourth-order valence-electron chi connectivity index (χ4n) is 1.62. The number of hydrogen-bond donors (Lipinski definition) is 2. The SMILES string of the molecule is O/N=C(/Cc1ccccc1)CC(O)(C(F)(F)F)C(F)(F)F. The van der Waals surface area contributed by atoms with E-state index in [1.165, 1.54) is 24.3 Å². The lowest BCUT2D eigenvalue weighted by Crippen LogP contribution is -2.58. The first-order valence-corrected chi connectivity index (χ1v) is 5.61. The van der Waals surface area contributed by atoms with Gasteiger partial charge in [-0.3, -0.25) is 0 Å². The second-order valence-corrected chi connectivity index (χ2v) is 4.36. The van der Waals surface area contributed by atoms with Crippen LogP contribution < -0.4 is 0 Å². The minimum absolute atomic E-state index is 0.344. The van der Waals surface area contributed by atoms with Gasteiger partial charge in [-0.15, -0.1) is 0 Å². The Morgan fingerprint density at radius 3 is 1.81 bits per heavy atom. The standard InChI is InChI=1S/C12H11F6NO2/c13-11(14,15)10(20,12(16,17)18)7-9(19-21)6-8-4-2-1-3-5-8/h1-5,20-21H,6-7H2/b19-9-. The summed E-state index contributed by atoms with van der Waals surface area (Å²) in [6, 6.07) is 7.51. The Hall–Kier alpha value is -1.77. The molecule has 1 aromatic carbocycles. The molecule has 2 N–H and O–H groups in total. The summed E-state index contributed by atoms with van der Waals surface area (Å²) in [5.74, 6) is 0. The summed E-state index contributed by atoms with van der Waals surface area (Å²) in [4.78, 5) is 0. The lowest BCUT2D eigenvalue weighted by molar-refractivity contribution is -0.365. The monoisotopic (exact) mass is 315 g/mol. The molecule has 118 valence electrons. The summed E-state index contributed by atoms with van der Waals surface area (Å²) in [5, 5.41) is 20.1. The molecule has 0 aliphatic rings. The van der Waals surface area contributed by atoms with Crippen LogP contribution in [0.3, 0.4) is 0 Å². The molecule has 0 aromatic heterocycles. The van der Waals surface area contributed by atoms with Gasteiger partial charge in [0, 0.05) is 12.8 Å². The van der Waals surface area contributed by atoms with Crippen molar-refractivity contribution < 1.29 is 36.7 Å². The first kappa shape index (κ1) is 17.3. The Morgan fingerprint density at radius 2 is 1.43 bits per heavy atom. The fraction of sp³-hybridized carbons (Fsp3) is 0.417. The van der Waals surface area contributed by atoms with Gasteiger partial charge in [-0.05, 0) is 5.56 Å². The van der Waals surface area contributed by atoms with Crippen LogP contribution >= 0.6 is 0 Å². The highest BCUT2D eigenvalue weighted by Gasteiger charge is 2.70. The molecular formula is C12H11F6NO2. The topological polar surface area (TPSA) is 52.8 Å². The maximum Gasteiger partial charge on any atom is 0.426 e. The van der Waals surface area contributed by atoms with Crippen molar-refractivity contribution in [2.24, 2.45) is 5.16 Å². The van der Waals surface area contributed by atoms with Crippen molar-refractivity contribution in [2.75, 3.05) is 0 Å². The summed E-state index contributed by atoms with van der Waals surface area (Å²) in [7, 11) is 0. The number of aliphatic hydroxyl groups is 1. The van der Waals surface area contributed by atoms with Crippen molar-refractivity contribution in [3.8, 4) is 0 Å². The number of hydrogen-bond acceptors (Lipinski definition) is 3. The van der Waals surface area contributed by atoms with Crippen LogP contribution in [0.15, 0.2) is 35.5 Å². The van der Waals surface area contributed by atoms with Crippen molar-refractivity contribution in [1.82, 2.24) is 0 Å². The van der Waals surface area contributed by atoms with Gasteiger partial charge in [0.25, 0.3) is 5.60 Å². The Labute approximate surface area is 115 Å². The van der Waals surface area contributed by atoms with Crippen molar-refractivity contribution >= 4 is 5.71 Å². The van der Waals surface area contributed by atoms with Crippen LogP contribution in [-0.2, 0) is 6.42 Å². The third kappa shape index (κ3) is 3.87. The van der Waals surface area contributed by atoms with Crippen molar-refractivity contribution in [3.05, 3.63) is 35.9 Å². The van der Waals surface area contributed by atoms with Gasteiger partial charge < -0.3 is 10.3 Å². The van der Waals surface area contributed by atoms with Gasteiger partial charge in [-0.25, -0.2) is 0 Å². The van der Waals surface area contributed by atoms with Gasteiger partial charge in [0.2, 0.25) is 0 Å². The van der Waals surface area contributed by atoms with Gasteiger partial charge in [-0.2, -0.15) is 26.3 Å². The van der Waals surface area contributed by atoms with Crippen LogP contribution in [0, 0.1) is 0 Å². The number of nitrogens with zero attached hydrogens (tertiary/aromatic N) is 1. The van der Waals surface area contributed by atoms with E-state index >= 15 is 0 Å². The van der Waals surface area contributed by atoms with Gasteiger partial charge >= 0.3 is 12.4 Å². The lowest BCUT2D eigenvalue weighted by Gasteiger charge is -2.32. The molecule has 0 radical (unpaired) electrons. The van der Waals surface area contributed by atoms with E-state index in [0.717, 1.165) is 0 Å². The van der Waals surface area contributed by atoms with Crippen LogP contribution in [0.2, 0.25) is 0 Å². The van der Waals surface area contributed by atoms with Crippen LogP contribution in [0.1, 0.15) is 12.0 Å². The Balaban J connectivity index is 3.03. The highest BCUT2D eigenvalue weighted by molar-refractivity contribution is 5.87. The molecule has 0 heterocycles. The molecule has 0 atom stereocenters. The van der Waals surface area contributed by atoms with Crippen molar-refractivity contribution in [3.63, 3.8) is 0 Å². The van der Waals surface area contributed by atoms with Crippen LogP contribution in [0.4, 0.5) is 26.3 Å². The Bertz CT molecular complexity index is 481. The summed E-state index contributed by atoms with van der Waals surface area (Å²) < 4.78 is 75.2. The molecule has 0 saturated carbocycles. The van der Waals surface area contributed by atoms with Crippen LogP contribution in [0.5, 0.6) is 0 Å². The lowest BCUT2D eigenvalue weighted by atomic mass is 9.92. The van der Waals surface area contributed by atoms with E-state index in [-0.39, 0.29) is 0 Å². The third-order valence-corrected chi connectivity index (χ3v) is 2.79. The predicted molar refractivity (Wildman–Crippen MR) is 61.0 cm³/mol. The molecule has 21 heavy (non-hydrogen) atoms. The number of halogens is 6. The number of rotatable bonds is 4. The smallest absolute Gasteiger partial charge is 0.411 e. The van der Waals surface area contributed by atoms with E-state index in [2.05, 4.69) is 5.16 Å². The van der Waals surface area contributed by atoms with E-state index in [1.807, 2.05) is 0 Å². The van der Waals surface area contributed by atoms with Gasteiger partial charge in [-0.1, -0.05) is 35.5 Å². The second kappa shape index (κ2) is 5.92. The number of benzene rings is 1. The fourth-order valence-corrected chi connectivity index (χ4v) is 1.62. The molecule has 0 amide bonds. The molecule has 9 heteroatoms. The summed E-state index contributed by atoms with van der Waals surface area (Å²) in [6.45, 7) is 0. The van der Waals surface area contributed by atoms with Crippen molar-refractivity contribution in [1.29, 1.82) is 0 Å². The van der Waals surface area contributed by atoms with Crippen molar-refractivity contribution in [2.45, 2.75) is 30.8 Å². The van der Waals surface area contributed by atoms with Gasteiger partial charge in [0.1, 0.15) is 0 Å². The minimum Gasteiger partial charge on any atom is -0.411 e. The first-order chi connectivity index (χ1) is 9.51. The molecule has 0 aliphatic heterocycles. The average Bonchev–Trinajstić information content (AvgIpc) is 2.36. The normalized spacial score (nSPS) is 14.3. The quantitative estimate of drug-likeness (QED) is 0.388. The first-order valence-electron chi connectivity index (χ1n) is 5.61. The zero-order chi connectivity index (χ0) is 16.3. The second-order valence-electron chi connectivity index (χ2n) is 4.36. The Morgan fingerprint density at radius 1 is 0.952 bits per heavy atom. The van der Waals surface area contributed by atoms with Crippen LogP contribution in [0.25, 0.3) is 0 Å². The Kier molecular flexibility index (Phi) is 4.87. The van der Waals surface area contributed by atoms with Gasteiger partial charge in [0.05, 0.1) is 5.71 Å². The molecule has 0 spiro atoms. The molecule has 0 unspecified atom stereocenters. The number of oxime groups is 1. The zero-order valence-corrected chi connectivity index (χ0v) is 10.4. The minimum atomic E-state index is -5.95. The largest absolute Gasteiger partial charge is 0.426 e. The summed E-state index contributed by atoms with van der Waals surface area (Å²) in [5.41, 5.74) is -5.45. The number of alkyl halides is 6. The molecule has 0 saturated heterocycles. The maximum atomic E-state index is 12.5. The van der Waals surface area contributed by atoms with E-state index in [1.54, 1.807) is 6.07 Å². The molecule has 0 aliphatic carbocycles.